The number of aryl methyl sites for hydroxylation is 3. The average Bonchev–Trinajstić information content (AvgIpc) is 3.14. The summed E-state index contributed by atoms with van der Waals surface area (Å²) in [6.07, 6.45) is 1.34. The third-order valence-electron chi connectivity index (χ3n) is 4.41. The molecule has 0 aliphatic heterocycles. The van der Waals surface area contributed by atoms with Gasteiger partial charge in [-0.25, -0.2) is 14.6 Å². The normalized spacial score (nSPS) is 17.1. The molecule has 4 rings (SSSR count). The molecule has 0 aromatic carbocycles. The number of hydrogen-bond donors (Lipinski definition) is 0. The van der Waals surface area contributed by atoms with E-state index < -0.39 is 0 Å². The van der Waals surface area contributed by atoms with E-state index in [9.17, 15) is 4.79 Å². The monoisotopic (exact) mass is 338 g/mol. The molecule has 0 fully saturated rings. The minimum atomic E-state index is 0.169. The fraction of sp³-hybridized carbons (Fsp3) is 0.333. The second kappa shape index (κ2) is 5.63. The van der Waals surface area contributed by atoms with Gasteiger partial charge in [0, 0.05) is 28.6 Å². The molecule has 1 aliphatic carbocycles. The van der Waals surface area contributed by atoms with Crippen LogP contribution in [0.2, 0.25) is 0 Å². The maximum absolute atomic E-state index is 12.7. The first kappa shape index (κ1) is 15.2. The van der Waals surface area contributed by atoms with Gasteiger partial charge in [0.15, 0.2) is 5.78 Å². The zero-order valence-corrected chi connectivity index (χ0v) is 14.7. The number of aromatic nitrogens is 4. The Morgan fingerprint density at radius 3 is 2.58 bits per heavy atom. The van der Waals surface area contributed by atoms with Crippen LogP contribution in [-0.4, -0.2) is 25.5 Å². The van der Waals surface area contributed by atoms with Crippen molar-refractivity contribution in [1.82, 2.24) is 19.7 Å². The molecule has 0 N–H and O–H groups in total. The number of hydrogen-bond acceptors (Lipinski definition) is 5. The molecule has 0 bridgehead atoms. The van der Waals surface area contributed by atoms with Crippen LogP contribution in [0.4, 0.5) is 0 Å². The van der Waals surface area contributed by atoms with Crippen molar-refractivity contribution >= 4 is 17.1 Å². The zero-order valence-electron chi connectivity index (χ0n) is 13.9. The number of carbonyl (C=O) groups is 1. The molecule has 0 amide bonds. The minimum Gasteiger partial charge on any atom is -0.294 e. The van der Waals surface area contributed by atoms with Crippen LogP contribution in [0.3, 0.4) is 0 Å². The highest BCUT2D eigenvalue weighted by Crippen LogP contribution is 2.36. The molecule has 122 valence electrons. The van der Waals surface area contributed by atoms with Gasteiger partial charge in [-0.3, -0.25) is 4.79 Å². The van der Waals surface area contributed by atoms with Crippen molar-refractivity contribution in [2.75, 3.05) is 0 Å². The molecule has 0 radical (unpaired) electrons. The van der Waals surface area contributed by atoms with Gasteiger partial charge in [0.2, 0.25) is 0 Å². The Labute approximate surface area is 144 Å². The molecular formula is C18H18N4OS. The SMILES string of the molecule is Cc1cc(C)nc(-n2nc(C)c3c2C[C@H](c2cccs2)CC3=O)n1. The number of nitrogens with zero attached hydrogens (tertiary/aromatic N) is 4. The van der Waals surface area contributed by atoms with E-state index in [0.29, 0.717) is 12.4 Å². The van der Waals surface area contributed by atoms with Gasteiger partial charge in [0.1, 0.15) is 0 Å². The molecule has 0 saturated heterocycles. The number of fused-ring (bicyclic) bond motifs is 1. The Hall–Kier alpha value is -2.34. The fourth-order valence-corrected chi connectivity index (χ4v) is 4.28. The van der Waals surface area contributed by atoms with Crippen LogP contribution in [-0.2, 0) is 6.42 Å². The van der Waals surface area contributed by atoms with Crippen LogP contribution >= 0.6 is 11.3 Å². The lowest BCUT2D eigenvalue weighted by atomic mass is 9.85. The van der Waals surface area contributed by atoms with Crippen LogP contribution < -0.4 is 0 Å². The van der Waals surface area contributed by atoms with Crippen molar-refractivity contribution in [3.05, 3.63) is 56.8 Å². The lowest BCUT2D eigenvalue weighted by Gasteiger charge is -2.21. The van der Waals surface area contributed by atoms with Gasteiger partial charge in [-0.15, -0.1) is 11.3 Å². The third kappa shape index (κ3) is 2.47. The van der Waals surface area contributed by atoms with E-state index in [2.05, 4.69) is 26.5 Å². The summed E-state index contributed by atoms with van der Waals surface area (Å²) in [5.74, 6) is 0.935. The van der Waals surface area contributed by atoms with Crippen LogP contribution in [0.25, 0.3) is 5.95 Å². The summed E-state index contributed by atoms with van der Waals surface area (Å²) in [4.78, 5) is 23.0. The highest BCUT2D eigenvalue weighted by Gasteiger charge is 2.33. The number of rotatable bonds is 2. The lowest BCUT2D eigenvalue weighted by Crippen LogP contribution is -2.20. The second-order valence-corrected chi connectivity index (χ2v) is 7.29. The molecule has 0 unspecified atom stereocenters. The molecule has 24 heavy (non-hydrogen) atoms. The van der Waals surface area contributed by atoms with Crippen LogP contribution in [0.5, 0.6) is 0 Å². The molecule has 1 aliphatic rings. The van der Waals surface area contributed by atoms with Gasteiger partial charge in [0.05, 0.1) is 17.0 Å². The van der Waals surface area contributed by atoms with E-state index in [1.165, 1.54) is 4.88 Å². The minimum absolute atomic E-state index is 0.169. The molecule has 0 spiro atoms. The maximum atomic E-state index is 12.7. The van der Waals surface area contributed by atoms with Crippen molar-refractivity contribution in [3.8, 4) is 5.95 Å². The molecule has 3 heterocycles. The Kier molecular flexibility index (Phi) is 3.57. The molecular weight excluding hydrogens is 320 g/mol. The topological polar surface area (TPSA) is 60.7 Å². The predicted molar refractivity (Wildman–Crippen MR) is 93.1 cm³/mol. The van der Waals surface area contributed by atoms with E-state index in [-0.39, 0.29) is 11.7 Å². The summed E-state index contributed by atoms with van der Waals surface area (Å²) < 4.78 is 1.77. The number of carbonyl (C=O) groups excluding carboxylic acids is 1. The number of thiophene rings is 1. The predicted octanol–water partition coefficient (Wildman–Crippen LogP) is 3.56. The number of ketones is 1. The van der Waals surface area contributed by atoms with Crippen LogP contribution in [0, 0.1) is 20.8 Å². The van der Waals surface area contributed by atoms with Crippen molar-refractivity contribution < 1.29 is 4.79 Å². The van der Waals surface area contributed by atoms with Gasteiger partial charge < -0.3 is 0 Å². The summed E-state index contributed by atoms with van der Waals surface area (Å²) in [7, 11) is 0. The Morgan fingerprint density at radius 1 is 1.17 bits per heavy atom. The highest BCUT2D eigenvalue weighted by molar-refractivity contribution is 7.10. The fourth-order valence-electron chi connectivity index (χ4n) is 3.45. The first-order chi connectivity index (χ1) is 11.5. The maximum Gasteiger partial charge on any atom is 0.251 e. The van der Waals surface area contributed by atoms with Gasteiger partial charge in [0.25, 0.3) is 5.95 Å². The Bertz CT molecular complexity index is 907. The Balaban J connectivity index is 1.84. The van der Waals surface area contributed by atoms with Gasteiger partial charge in [-0.05, 0) is 44.7 Å². The van der Waals surface area contributed by atoms with Gasteiger partial charge >= 0.3 is 0 Å². The average molecular weight is 338 g/mol. The van der Waals surface area contributed by atoms with E-state index in [1.807, 2.05) is 32.9 Å². The van der Waals surface area contributed by atoms with Gasteiger partial charge in [-0.2, -0.15) is 5.10 Å². The van der Waals surface area contributed by atoms with Crippen molar-refractivity contribution in [1.29, 1.82) is 0 Å². The summed E-state index contributed by atoms with van der Waals surface area (Å²) in [5.41, 5.74) is 4.26. The summed E-state index contributed by atoms with van der Waals surface area (Å²) in [5, 5.41) is 6.65. The molecule has 5 nitrogen and oxygen atoms in total. The summed E-state index contributed by atoms with van der Waals surface area (Å²) >= 11 is 1.71. The summed E-state index contributed by atoms with van der Waals surface area (Å²) in [6.45, 7) is 5.78. The van der Waals surface area contributed by atoms with Crippen LogP contribution in [0.1, 0.15) is 50.3 Å². The summed E-state index contributed by atoms with van der Waals surface area (Å²) in [6, 6.07) is 6.08. The Morgan fingerprint density at radius 2 is 1.92 bits per heavy atom. The van der Waals surface area contributed by atoms with E-state index in [1.54, 1.807) is 16.0 Å². The van der Waals surface area contributed by atoms with Crippen molar-refractivity contribution in [3.63, 3.8) is 0 Å². The lowest BCUT2D eigenvalue weighted by molar-refractivity contribution is 0.0963. The molecule has 0 saturated carbocycles. The molecule has 6 heteroatoms. The zero-order chi connectivity index (χ0) is 16.8. The van der Waals surface area contributed by atoms with E-state index in [0.717, 1.165) is 34.8 Å². The highest BCUT2D eigenvalue weighted by atomic mass is 32.1. The van der Waals surface area contributed by atoms with Crippen molar-refractivity contribution in [2.24, 2.45) is 0 Å². The molecule has 1 atom stereocenters. The second-order valence-electron chi connectivity index (χ2n) is 6.31. The standard InChI is InChI=1S/C18H18N4OS/c1-10-7-11(2)20-18(19-10)22-14-8-13(16-5-4-6-24-16)9-15(23)17(14)12(3)21-22/h4-7,13H,8-9H2,1-3H3/t13-/m0/s1. The quantitative estimate of drug-likeness (QED) is 0.717. The third-order valence-corrected chi connectivity index (χ3v) is 5.45. The number of Topliss-reactive ketones (excluding diaryl/α,β-unsaturated/α-hetero) is 1. The van der Waals surface area contributed by atoms with Crippen LogP contribution in [0.15, 0.2) is 23.6 Å². The first-order valence-corrected chi connectivity index (χ1v) is 8.88. The van der Waals surface area contributed by atoms with Gasteiger partial charge in [-0.1, -0.05) is 6.07 Å². The molecule has 3 aromatic rings. The smallest absolute Gasteiger partial charge is 0.251 e. The van der Waals surface area contributed by atoms with Crippen molar-refractivity contribution in [2.45, 2.75) is 39.5 Å². The van der Waals surface area contributed by atoms with E-state index in [4.69, 9.17) is 0 Å². The first-order valence-electron chi connectivity index (χ1n) is 8.00. The molecule has 3 aromatic heterocycles. The largest absolute Gasteiger partial charge is 0.294 e. The van der Waals surface area contributed by atoms with E-state index >= 15 is 0 Å².